The maximum absolute atomic E-state index is 12.6. The van der Waals surface area contributed by atoms with Crippen LogP contribution in [0.5, 0.6) is 11.5 Å². The number of carboxylic acid groups (broad SMARTS) is 1. The van der Waals surface area contributed by atoms with Crippen molar-refractivity contribution < 1.29 is 24.2 Å². The molecule has 0 bridgehead atoms. The molecule has 1 atom stereocenters. The number of rotatable bonds is 6. The predicted molar refractivity (Wildman–Crippen MR) is 98.3 cm³/mol. The molecule has 0 aliphatic heterocycles. The van der Waals surface area contributed by atoms with Crippen molar-refractivity contribution in [2.75, 3.05) is 14.2 Å². The molecule has 0 fully saturated rings. The second-order valence-corrected chi connectivity index (χ2v) is 6.19. The normalized spacial score (nSPS) is 11.6. The molecular weight excluding hydrogens is 358 g/mol. The van der Waals surface area contributed by atoms with E-state index in [9.17, 15) is 14.7 Å². The Labute approximate surface area is 156 Å². The van der Waals surface area contributed by atoms with E-state index in [-0.39, 0.29) is 5.02 Å². The molecule has 0 radical (unpaired) electrons. The number of nitrogens with one attached hydrogen (secondary N) is 1. The minimum absolute atomic E-state index is 0.265. The van der Waals surface area contributed by atoms with Gasteiger partial charge in [-0.05, 0) is 54.8 Å². The number of ether oxygens (including phenoxy) is 2. The number of carbonyl (C=O) groups is 2. The number of aliphatic carboxylic acids is 1. The average molecular weight is 378 g/mol. The molecule has 0 saturated carbocycles. The summed E-state index contributed by atoms with van der Waals surface area (Å²) in [5.41, 5.74) is 2.28. The van der Waals surface area contributed by atoms with Gasteiger partial charge in [-0.3, -0.25) is 4.79 Å². The molecule has 26 heavy (non-hydrogen) atoms. The fourth-order valence-corrected chi connectivity index (χ4v) is 3.03. The zero-order valence-electron chi connectivity index (χ0n) is 14.9. The van der Waals surface area contributed by atoms with Crippen molar-refractivity contribution in [2.45, 2.75) is 19.9 Å². The largest absolute Gasteiger partial charge is 0.496 e. The number of methoxy groups -OCH3 is 2. The molecule has 7 heteroatoms. The van der Waals surface area contributed by atoms with Crippen LogP contribution >= 0.6 is 11.6 Å². The Balaban J connectivity index is 2.32. The standard InChI is InChI=1S/C19H20ClNO5/c1-10-7-13(8-11(2)17(10)26-4)18(22)21-16(19(23)24)12-5-6-15(25-3)14(20)9-12/h5-9,16H,1-4H3,(H,21,22)(H,23,24). The summed E-state index contributed by atoms with van der Waals surface area (Å²) in [6, 6.07) is 6.63. The van der Waals surface area contributed by atoms with E-state index < -0.39 is 17.9 Å². The first-order chi connectivity index (χ1) is 12.3. The monoisotopic (exact) mass is 377 g/mol. The first-order valence-electron chi connectivity index (χ1n) is 7.80. The van der Waals surface area contributed by atoms with Crippen molar-refractivity contribution >= 4 is 23.5 Å². The molecule has 2 N–H and O–H groups in total. The van der Waals surface area contributed by atoms with Crippen molar-refractivity contribution in [1.29, 1.82) is 0 Å². The van der Waals surface area contributed by atoms with Gasteiger partial charge in [0.05, 0.1) is 19.2 Å². The third-order valence-electron chi connectivity index (χ3n) is 3.96. The Morgan fingerprint density at radius 3 is 2.15 bits per heavy atom. The highest BCUT2D eigenvalue weighted by atomic mass is 35.5. The van der Waals surface area contributed by atoms with Crippen LogP contribution in [0.25, 0.3) is 0 Å². The topological polar surface area (TPSA) is 84.9 Å². The van der Waals surface area contributed by atoms with Gasteiger partial charge in [0.1, 0.15) is 11.5 Å². The van der Waals surface area contributed by atoms with E-state index >= 15 is 0 Å². The zero-order chi connectivity index (χ0) is 19.4. The lowest BCUT2D eigenvalue weighted by Gasteiger charge is -2.17. The van der Waals surface area contributed by atoms with Crippen LogP contribution in [-0.2, 0) is 4.79 Å². The molecule has 0 aliphatic rings. The van der Waals surface area contributed by atoms with Gasteiger partial charge in [-0.25, -0.2) is 4.79 Å². The number of carbonyl (C=O) groups excluding carboxylic acids is 1. The van der Waals surface area contributed by atoms with E-state index in [0.29, 0.717) is 22.6 Å². The van der Waals surface area contributed by atoms with Gasteiger partial charge in [0.2, 0.25) is 0 Å². The summed E-state index contributed by atoms with van der Waals surface area (Å²) in [5.74, 6) is -0.578. The predicted octanol–water partition coefficient (Wildman–Crippen LogP) is 3.53. The van der Waals surface area contributed by atoms with Crippen molar-refractivity contribution in [2.24, 2.45) is 0 Å². The van der Waals surface area contributed by atoms with Crippen molar-refractivity contribution in [3.8, 4) is 11.5 Å². The maximum Gasteiger partial charge on any atom is 0.330 e. The second-order valence-electron chi connectivity index (χ2n) is 5.78. The van der Waals surface area contributed by atoms with Crippen LogP contribution in [0, 0.1) is 13.8 Å². The minimum Gasteiger partial charge on any atom is -0.496 e. The van der Waals surface area contributed by atoms with Crippen LogP contribution in [0.15, 0.2) is 30.3 Å². The molecule has 2 aromatic carbocycles. The van der Waals surface area contributed by atoms with Gasteiger partial charge in [-0.15, -0.1) is 0 Å². The molecule has 2 aromatic rings. The van der Waals surface area contributed by atoms with E-state index in [1.165, 1.54) is 13.2 Å². The van der Waals surface area contributed by atoms with E-state index in [1.54, 1.807) is 31.4 Å². The Morgan fingerprint density at radius 2 is 1.69 bits per heavy atom. The third-order valence-corrected chi connectivity index (χ3v) is 4.25. The van der Waals surface area contributed by atoms with Crippen LogP contribution in [0.4, 0.5) is 0 Å². The lowest BCUT2D eigenvalue weighted by atomic mass is 10.0. The minimum atomic E-state index is -1.24. The van der Waals surface area contributed by atoms with Crippen molar-refractivity contribution in [1.82, 2.24) is 5.32 Å². The van der Waals surface area contributed by atoms with E-state index in [4.69, 9.17) is 21.1 Å². The number of benzene rings is 2. The molecule has 2 rings (SSSR count). The Bertz CT molecular complexity index is 827. The molecule has 0 heterocycles. The van der Waals surface area contributed by atoms with Gasteiger partial charge >= 0.3 is 5.97 Å². The first kappa shape index (κ1) is 19.6. The van der Waals surface area contributed by atoms with Gasteiger partial charge in [-0.1, -0.05) is 17.7 Å². The van der Waals surface area contributed by atoms with Crippen LogP contribution in [0.2, 0.25) is 5.02 Å². The number of halogens is 1. The molecule has 0 spiro atoms. The zero-order valence-corrected chi connectivity index (χ0v) is 15.7. The summed E-state index contributed by atoms with van der Waals surface area (Å²) in [4.78, 5) is 24.2. The van der Waals surface area contributed by atoms with Crippen LogP contribution in [-0.4, -0.2) is 31.2 Å². The Kier molecular flexibility index (Phi) is 6.10. The summed E-state index contributed by atoms with van der Waals surface area (Å²) in [6.07, 6.45) is 0. The van der Waals surface area contributed by atoms with Gasteiger partial charge in [-0.2, -0.15) is 0 Å². The molecular formula is C19H20ClNO5. The Hall–Kier alpha value is -2.73. The lowest BCUT2D eigenvalue weighted by molar-refractivity contribution is -0.139. The lowest BCUT2D eigenvalue weighted by Crippen LogP contribution is -2.33. The number of amides is 1. The highest BCUT2D eigenvalue weighted by Crippen LogP contribution is 2.28. The molecule has 0 saturated heterocycles. The average Bonchev–Trinajstić information content (AvgIpc) is 2.58. The summed E-state index contributed by atoms with van der Waals surface area (Å²) in [5, 5.41) is 12.3. The molecule has 6 nitrogen and oxygen atoms in total. The molecule has 0 aliphatic carbocycles. The van der Waals surface area contributed by atoms with Gasteiger partial charge in [0, 0.05) is 5.56 Å². The fraction of sp³-hybridized carbons (Fsp3) is 0.263. The van der Waals surface area contributed by atoms with Gasteiger partial charge in [0.15, 0.2) is 6.04 Å². The number of hydrogen-bond acceptors (Lipinski definition) is 4. The highest BCUT2D eigenvalue weighted by molar-refractivity contribution is 6.32. The van der Waals surface area contributed by atoms with Gasteiger partial charge in [0.25, 0.3) is 5.91 Å². The van der Waals surface area contributed by atoms with Gasteiger partial charge < -0.3 is 19.9 Å². The van der Waals surface area contributed by atoms with E-state index in [0.717, 1.165) is 11.1 Å². The summed E-state index contributed by atoms with van der Waals surface area (Å²) in [6.45, 7) is 3.64. The summed E-state index contributed by atoms with van der Waals surface area (Å²) < 4.78 is 10.3. The quantitative estimate of drug-likeness (QED) is 0.804. The summed E-state index contributed by atoms with van der Waals surface area (Å²) >= 11 is 6.06. The van der Waals surface area contributed by atoms with Crippen molar-refractivity contribution in [3.63, 3.8) is 0 Å². The number of hydrogen-bond donors (Lipinski definition) is 2. The van der Waals surface area contributed by atoms with Crippen LogP contribution < -0.4 is 14.8 Å². The summed E-state index contributed by atoms with van der Waals surface area (Å²) in [7, 11) is 3.02. The molecule has 1 amide bonds. The maximum atomic E-state index is 12.6. The smallest absolute Gasteiger partial charge is 0.330 e. The SMILES string of the molecule is COc1ccc(C(NC(=O)c2cc(C)c(OC)c(C)c2)C(=O)O)cc1Cl. The third kappa shape index (κ3) is 4.08. The van der Waals surface area contributed by atoms with E-state index in [1.807, 2.05) is 13.8 Å². The second kappa shape index (κ2) is 8.10. The number of carboxylic acids is 1. The van der Waals surface area contributed by atoms with E-state index in [2.05, 4.69) is 5.32 Å². The fourth-order valence-electron chi connectivity index (χ4n) is 2.77. The molecule has 1 unspecified atom stereocenters. The number of aryl methyl sites for hydroxylation is 2. The first-order valence-corrected chi connectivity index (χ1v) is 8.18. The van der Waals surface area contributed by atoms with Crippen LogP contribution in [0.1, 0.15) is 33.1 Å². The van der Waals surface area contributed by atoms with Crippen molar-refractivity contribution in [3.05, 3.63) is 57.6 Å². The van der Waals surface area contributed by atoms with Crippen LogP contribution in [0.3, 0.4) is 0 Å². The highest BCUT2D eigenvalue weighted by Gasteiger charge is 2.24. The molecule has 0 aromatic heterocycles. The molecule has 138 valence electrons. The Morgan fingerprint density at radius 1 is 1.08 bits per heavy atom.